The summed E-state index contributed by atoms with van der Waals surface area (Å²) in [6.07, 6.45) is -5.98. The van der Waals surface area contributed by atoms with Gasteiger partial charge in [-0.15, -0.1) is 0 Å². The summed E-state index contributed by atoms with van der Waals surface area (Å²) >= 11 is 0. The summed E-state index contributed by atoms with van der Waals surface area (Å²) in [7, 11) is 0. The number of amides is 2. The minimum Gasteiger partial charge on any atom is -0.481 e. The molecule has 0 aliphatic heterocycles. The van der Waals surface area contributed by atoms with E-state index in [9.17, 15) is 27.6 Å². The second-order valence-electron chi connectivity index (χ2n) is 9.09. The monoisotopic (exact) mass is 490 g/mol. The second kappa shape index (κ2) is 9.24. The molecule has 0 bridgehead atoms. The number of carbonyl (C=O) groups excluding carboxylic acids is 2. The van der Waals surface area contributed by atoms with E-state index in [0.717, 1.165) is 22.3 Å². The van der Waals surface area contributed by atoms with Crippen LogP contribution in [0.2, 0.25) is 0 Å². The number of carbonyl (C=O) groups is 3. The van der Waals surface area contributed by atoms with E-state index in [2.05, 4.69) is 5.32 Å². The molecule has 2 aliphatic carbocycles. The van der Waals surface area contributed by atoms with Crippen LogP contribution in [0.25, 0.3) is 11.1 Å². The molecule has 1 saturated carbocycles. The predicted molar refractivity (Wildman–Crippen MR) is 120 cm³/mol. The predicted octanol–water partition coefficient (Wildman–Crippen LogP) is 4.22. The fraction of sp³-hybridized carbons (Fsp3) is 0.400. The van der Waals surface area contributed by atoms with Crippen molar-refractivity contribution in [3.63, 3.8) is 0 Å². The van der Waals surface area contributed by atoms with Crippen LogP contribution in [-0.4, -0.2) is 47.4 Å². The molecule has 2 aliphatic rings. The first-order valence-corrected chi connectivity index (χ1v) is 11.2. The van der Waals surface area contributed by atoms with E-state index in [-0.39, 0.29) is 31.8 Å². The Bertz CT molecular complexity index is 1110. The number of alkyl halides is 3. The summed E-state index contributed by atoms with van der Waals surface area (Å²) in [5, 5.41) is 13.0. The Morgan fingerprint density at radius 2 is 1.57 bits per heavy atom. The van der Waals surface area contributed by atoms with Gasteiger partial charge in [0, 0.05) is 12.0 Å². The number of alkyl carbamates (subject to hydrolysis) is 1. The normalized spacial score (nSPS) is 20.9. The second-order valence-corrected chi connectivity index (χ2v) is 9.09. The van der Waals surface area contributed by atoms with Crippen molar-refractivity contribution in [2.45, 2.75) is 49.9 Å². The quantitative estimate of drug-likeness (QED) is 0.563. The first-order valence-electron chi connectivity index (χ1n) is 11.2. The Labute approximate surface area is 199 Å². The molecule has 0 radical (unpaired) electrons. The number of hydrogen-bond acceptors (Lipinski definition) is 4. The van der Waals surface area contributed by atoms with Gasteiger partial charge in [0.1, 0.15) is 6.61 Å². The van der Waals surface area contributed by atoms with Crippen molar-refractivity contribution in [1.82, 2.24) is 10.6 Å². The van der Waals surface area contributed by atoms with Gasteiger partial charge < -0.3 is 15.2 Å². The molecular weight excluding hydrogens is 465 g/mol. The molecule has 186 valence electrons. The molecule has 1 fully saturated rings. The zero-order valence-electron chi connectivity index (χ0n) is 18.9. The van der Waals surface area contributed by atoms with Gasteiger partial charge in [-0.05, 0) is 48.4 Å². The summed E-state index contributed by atoms with van der Waals surface area (Å²) in [5.41, 5.74) is 0.469. The smallest absolute Gasteiger partial charge is 0.420 e. The van der Waals surface area contributed by atoms with Gasteiger partial charge in [0.25, 0.3) is 5.91 Å². The summed E-state index contributed by atoms with van der Waals surface area (Å²) < 4.78 is 46.9. The third-order valence-electron chi connectivity index (χ3n) is 6.83. The molecule has 0 heterocycles. The lowest BCUT2D eigenvalue weighted by Gasteiger charge is -2.32. The highest BCUT2D eigenvalue weighted by molar-refractivity contribution is 5.91. The van der Waals surface area contributed by atoms with Gasteiger partial charge in [0.05, 0.1) is 5.92 Å². The number of halogens is 3. The minimum absolute atomic E-state index is 0.0277. The summed E-state index contributed by atoms with van der Waals surface area (Å²) in [6.45, 7) is 0.353. The highest BCUT2D eigenvalue weighted by Crippen LogP contribution is 2.44. The Kier molecular flexibility index (Phi) is 6.48. The van der Waals surface area contributed by atoms with E-state index in [0.29, 0.717) is 6.92 Å². The first kappa shape index (κ1) is 24.6. The third-order valence-corrected chi connectivity index (χ3v) is 6.83. The molecule has 2 aromatic carbocycles. The highest BCUT2D eigenvalue weighted by Gasteiger charge is 2.58. The molecule has 2 aromatic rings. The Morgan fingerprint density at radius 3 is 2.09 bits per heavy atom. The standard InChI is InChI=1S/C25H25F3N2O5/c1-24(25(26,27)28,22(33)29-15-11-10-14(12-15)21(31)32)30-23(34)35-13-20-18-8-4-2-6-16(18)17-7-3-5-9-19(17)20/h2-9,14-15,20H,10-13H2,1H3,(H,29,33)(H,30,34)(H,31,32). The van der Waals surface area contributed by atoms with Gasteiger partial charge in [0.15, 0.2) is 0 Å². The van der Waals surface area contributed by atoms with Gasteiger partial charge in [-0.1, -0.05) is 48.5 Å². The molecule has 0 aromatic heterocycles. The lowest BCUT2D eigenvalue weighted by Crippen LogP contribution is -2.66. The number of benzene rings is 2. The molecule has 3 atom stereocenters. The summed E-state index contributed by atoms with van der Waals surface area (Å²) in [4.78, 5) is 36.2. The highest BCUT2D eigenvalue weighted by atomic mass is 19.4. The maximum atomic E-state index is 13.9. The maximum absolute atomic E-state index is 13.9. The number of nitrogens with one attached hydrogen (secondary N) is 2. The zero-order chi connectivity index (χ0) is 25.4. The van der Waals surface area contributed by atoms with Crippen molar-refractivity contribution in [2.75, 3.05) is 6.61 Å². The minimum atomic E-state index is -5.12. The fourth-order valence-corrected chi connectivity index (χ4v) is 4.76. The van der Waals surface area contributed by atoms with E-state index in [4.69, 9.17) is 9.84 Å². The molecule has 10 heteroatoms. The van der Waals surface area contributed by atoms with Crippen LogP contribution in [-0.2, 0) is 14.3 Å². The van der Waals surface area contributed by atoms with Crippen molar-refractivity contribution in [2.24, 2.45) is 5.92 Å². The van der Waals surface area contributed by atoms with Gasteiger partial charge in [-0.2, -0.15) is 13.2 Å². The average molecular weight is 490 g/mol. The van der Waals surface area contributed by atoms with Crippen LogP contribution < -0.4 is 10.6 Å². The Hall–Kier alpha value is -3.56. The first-order chi connectivity index (χ1) is 16.5. The molecule has 4 rings (SSSR count). The van der Waals surface area contributed by atoms with Crippen LogP contribution in [0.5, 0.6) is 0 Å². The number of carboxylic acids is 1. The number of carboxylic acid groups (broad SMARTS) is 1. The third kappa shape index (κ3) is 4.69. The SMILES string of the molecule is CC(NC(=O)OCC1c2ccccc2-c2ccccc21)(C(=O)NC1CCC(C(=O)O)C1)C(F)(F)F. The van der Waals surface area contributed by atoms with Crippen molar-refractivity contribution >= 4 is 18.0 Å². The molecule has 0 saturated heterocycles. The van der Waals surface area contributed by atoms with Crippen LogP contribution in [0.1, 0.15) is 43.2 Å². The number of ether oxygens (including phenoxy) is 1. The number of rotatable bonds is 6. The molecule has 0 spiro atoms. The maximum Gasteiger partial charge on any atom is 0.420 e. The molecule has 35 heavy (non-hydrogen) atoms. The van der Waals surface area contributed by atoms with Crippen molar-refractivity contribution in [3.05, 3.63) is 59.7 Å². The van der Waals surface area contributed by atoms with Crippen LogP contribution >= 0.6 is 0 Å². The Morgan fingerprint density at radius 1 is 1.00 bits per heavy atom. The summed E-state index contributed by atoms with van der Waals surface area (Å²) in [5.74, 6) is -3.61. The van der Waals surface area contributed by atoms with E-state index >= 15 is 0 Å². The lowest BCUT2D eigenvalue weighted by atomic mass is 9.98. The molecule has 7 nitrogen and oxygen atoms in total. The topological polar surface area (TPSA) is 105 Å². The molecular formula is C25H25F3N2O5. The van der Waals surface area contributed by atoms with E-state index in [1.165, 1.54) is 0 Å². The number of fused-ring (bicyclic) bond motifs is 3. The van der Waals surface area contributed by atoms with E-state index < -0.39 is 41.6 Å². The molecule has 3 N–H and O–H groups in total. The van der Waals surface area contributed by atoms with Crippen molar-refractivity contribution < 1.29 is 37.4 Å². The van der Waals surface area contributed by atoms with Crippen molar-refractivity contribution in [3.8, 4) is 11.1 Å². The molecule has 3 unspecified atom stereocenters. The largest absolute Gasteiger partial charge is 0.481 e. The van der Waals surface area contributed by atoms with Gasteiger partial charge >= 0.3 is 18.2 Å². The lowest BCUT2D eigenvalue weighted by molar-refractivity contribution is -0.194. The Balaban J connectivity index is 1.44. The van der Waals surface area contributed by atoms with Gasteiger partial charge in [-0.3, -0.25) is 14.9 Å². The van der Waals surface area contributed by atoms with Crippen molar-refractivity contribution in [1.29, 1.82) is 0 Å². The number of aliphatic carboxylic acids is 1. The van der Waals surface area contributed by atoms with Crippen LogP contribution in [0.4, 0.5) is 18.0 Å². The van der Waals surface area contributed by atoms with Gasteiger partial charge in [0.2, 0.25) is 5.54 Å². The molecule has 2 amide bonds. The zero-order valence-corrected chi connectivity index (χ0v) is 18.9. The van der Waals surface area contributed by atoms with E-state index in [1.807, 2.05) is 48.5 Å². The van der Waals surface area contributed by atoms with Crippen LogP contribution in [0.3, 0.4) is 0 Å². The van der Waals surface area contributed by atoms with Crippen LogP contribution in [0.15, 0.2) is 48.5 Å². The van der Waals surface area contributed by atoms with Gasteiger partial charge in [-0.25, -0.2) is 4.79 Å². The average Bonchev–Trinajstić information content (AvgIpc) is 3.40. The van der Waals surface area contributed by atoms with Crippen LogP contribution in [0, 0.1) is 5.92 Å². The fourth-order valence-electron chi connectivity index (χ4n) is 4.76. The number of hydrogen-bond donors (Lipinski definition) is 3. The summed E-state index contributed by atoms with van der Waals surface area (Å²) in [6, 6.07) is 14.3. The van der Waals surface area contributed by atoms with E-state index in [1.54, 1.807) is 5.32 Å².